The summed E-state index contributed by atoms with van der Waals surface area (Å²) in [6.07, 6.45) is 0. The highest BCUT2D eigenvalue weighted by molar-refractivity contribution is 7.97. The quantitative estimate of drug-likeness (QED) is 0.431. The second-order valence-corrected chi connectivity index (χ2v) is 2.30. The van der Waals surface area contributed by atoms with Gasteiger partial charge in [-0.3, -0.25) is 9.52 Å². The molecule has 8 heavy (non-hydrogen) atoms. The van der Waals surface area contributed by atoms with Crippen molar-refractivity contribution in [2.24, 2.45) is 0 Å². The summed E-state index contributed by atoms with van der Waals surface area (Å²) in [6, 6.07) is 0. The molecule has 0 spiro atoms. The SMILES string of the molecule is CCSNCC(=O)O. The Balaban J connectivity index is 2.82. The number of hydrogen-bond acceptors (Lipinski definition) is 3. The molecule has 0 bridgehead atoms. The zero-order chi connectivity index (χ0) is 6.41. The first-order valence-corrected chi connectivity index (χ1v) is 3.32. The van der Waals surface area contributed by atoms with Gasteiger partial charge in [-0.25, -0.2) is 0 Å². The van der Waals surface area contributed by atoms with Gasteiger partial charge in [0.05, 0.1) is 0 Å². The van der Waals surface area contributed by atoms with Crippen LogP contribution >= 0.6 is 11.9 Å². The van der Waals surface area contributed by atoms with E-state index in [-0.39, 0.29) is 6.54 Å². The maximum absolute atomic E-state index is 9.80. The van der Waals surface area contributed by atoms with Crippen molar-refractivity contribution in [3.05, 3.63) is 0 Å². The number of rotatable bonds is 4. The predicted octanol–water partition coefficient (Wildman–Crippen LogP) is 0.329. The fraction of sp³-hybridized carbons (Fsp3) is 0.750. The Morgan fingerprint density at radius 2 is 2.50 bits per heavy atom. The third-order valence-electron chi connectivity index (χ3n) is 0.470. The molecule has 0 aliphatic heterocycles. The molecular formula is C4H9NO2S. The minimum Gasteiger partial charge on any atom is -0.480 e. The molecule has 0 heterocycles. The van der Waals surface area contributed by atoms with Gasteiger partial charge in [0.15, 0.2) is 0 Å². The van der Waals surface area contributed by atoms with Gasteiger partial charge in [-0.05, 0) is 0 Å². The molecule has 0 atom stereocenters. The van der Waals surface area contributed by atoms with Gasteiger partial charge in [0, 0.05) is 5.75 Å². The van der Waals surface area contributed by atoms with E-state index in [4.69, 9.17) is 5.11 Å². The maximum atomic E-state index is 9.80. The second-order valence-electron chi connectivity index (χ2n) is 1.15. The lowest BCUT2D eigenvalue weighted by Crippen LogP contribution is -2.15. The largest absolute Gasteiger partial charge is 0.480 e. The highest BCUT2D eigenvalue weighted by atomic mass is 32.2. The van der Waals surface area contributed by atoms with Crippen LogP contribution in [-0.4, -0.2) is 23.4 Å². The van der Waals surface area contributed by atoms with E-state index >= 15 is 0 Å². The van der Waals surface area contributed by atoms with Crippen LogP contribution in [0.3, 0.4) is 0 Å². The minimum absolute atomic E-state index is 0.0402. The van der Waals surface area contributed by atoms with Crippen LogP contribution in [0, 0.1) is 0 Å². The van der Waals surface area contributed by atoms with Crippen LogP contribution in [-0.2, 0) is 4.79 Å². The number of nitrogens with one attached hydrogen (secondary N) is 1. The van der Waals surface area contributed by atoms with E-state index < -0.39 is 5.97 Å². The maximum Gasteiger partial charge on any atom is 0.318 e. The first-order valence-electron chi connectivity index (χ1n) is 2.33. The molecule has 0 radical (unpaired) electrons. The summed E-state index contributed by atoms with van der Waals surface area (Å²) in [5, 5.41) is 8.06. The first-order chi connectivity index (χ1) is 3.77. The summed E-state index contributed by atoms with van der Waals surface area (Å²) in [7, 11) is 0. The number of aliphatic carboxylic acids is 1. The molecule has 0 aliphatic carbocycles. The van der Waals surface area contributed by atoms with Crippen LogP contribution in [0.15, 0.2) is 0 Å². The van der Waals surface area contributed by atoms with Gasteiger partial charge < -0.3 is 5.11 Å². The van der Waals surface area contributed by atoms with E-state index in [1.165, 1.54) is 11.9 Å². The van der Waals surface area contributed by atoms with Crippen LogP contribution in [0.4, 0.5) is 0 Å². The monoisotopic (exact) mass is 135 g/mol. The Morgan fingerprint density at radius 1 is 1.88 bits per heavy atom. The van der Waals surface area contributed by atoms with Gasteiger partial charge >= 0.3 is 5.97 Å². The molecule has 48 valence electrons. The van der Waals surface area contributed by atoms with E-state index in [9.17, 15) is 4.79 Å². The van der Waals surface area contributed by atoms with Crippen molar-refractivity contribution < 1.29 is 9.90 Å². The molecule has 0 fully saturated rings. The summed E-state index contributed by atoms with van der Waals surface area (Å²) in [6.45, 7) is 2.00. The first kappa shape index (κ1) is 7.78. The topological polar surface area (TPSA) is 49.3 Å². The Labute approximate surface area is 52.6 Å². The van der Waals surface area contributed by atoms with E-state index in [2.05, 4.69) is 4.72 Å². The zero-order valence-corrected chi connectivity index (χ0v) is 5.49. The third kappa shape index (κ3) is 5.78. The third-order valence-corrected chi connectivity index (χ3v) is 1.11. The van der Waals surface area contributed by atoms with Crippen LogP contribution in [0.25, 0.3) is 0 Å². The van der Waals surface area contributed by atoms with Gasteiger partial charge in [0.2, 0.25) is 0 Å². The molecule has 2 N–H and O–H groups in total. The molecule has 0 saturated heterocycles. The summed E-state index contributed by atoms with van der Waals surface area (Å²) >= 11 is 1.41. The molecular weight excluding hydrogens is 126 g/mol. The van der Waals surface area contributed by atoms with Crippen molar-refractivity contribution in [2.45, 2.75) is 6.92 Å². The average molecular weight is 135 g/mol. The Kier molecular flexibility index (Phi) is 4.79. The van der Waals surface area contributed by atoms with Crippen LogP contribution < -0.4 is 4.72 Å². The molecule has 0 amide bonds. The fourth-order valence-corrected chi connectivity index (χ4v) is 0.644. The minimum atomic E-state index is -0.814. The second kappa shape index (κ2) is 4.93. The number of carboxylic acids is 1. The normalized spacial score (nSPS) is 9.12. The average Bonchev–Trinajstić information content (AvgIpc) is 1.66. The molecule has 0 aromatic carbocycles. The van der Waals surface area contributed by atoms with E-state index in [1.54, 1.807) is 0 Å². The fourth-order valence-electron chi connectivity index (χ4n) is 0.215. The Morgan fingerprint density at radius 3 is 2.88 bits per heavy atom. The standard InChI is InChI=1S/C4H9NO2S/c1-2-8-5-3-4(6)7/h5H,2-3H2,1H3,(H,6,7). The van der Waals surface area contributed by atoms with E-state index in [0.29, 0.717) is 0 Å². The molecule has 0 rings (SSSR count). The van der Waals surface area contributed by atoms with Gasteiger partial charge in [0.1, 0.15) is 6.54 Å². The lowest BCUT2D eigenvalue weighted by atomic mass is 10.7. The highest BCUT2D eigenvalue weighted by Crippen LogP contribution is 1.87. The number of carboxylic acid groups (broad SMARTS) is 1. The Bertz CT molecular complexity index is 76.4. The van der Waals surface area contributed by atoms with Crippen LogP contribution in [0.2, 0.25) is 0 Å². The summed E-state index contributed by atoms with van der Waals surface area (Å²) in [5.41, 5.74) is 0. The molecule has 0 aromatic rings. The van der Waals surface area contributed by atoms with Crippen molar-refractivity contribution in [3.8, 4) is 0 Å². The lowest BCUT2D eigenvalue weighted by Gasteiger charge is -1.93. The molecule has 0 aliphatic rings. The zero-order valence-electron chi connectivity index (χ0n) is 4.68. The van der Waals surface area contributed by atoms with Crippen molar-refractivity contribution >= 4 is 17.9 Å². The van der Waals surface area contributed by atoms with Crippen LogP contribution in [0.1, 0.15) is 6.92 Å². The summed E-state index contributed by atoms with van der Waals surface area (Å²) in [5.74, 6) is 0.0822. The summed E-state index contributed by atoms with van der Waals surface area (Å²) in [4.78, 5) is 9.80. The molecule has 3 nitrogen and oxygen atoms in total. The number of hydrogen-bond donors (Lipinski definition) is 2. The van der Waals surface area contributed by atoms with Gasteiger partial charge in [0.25, 0.3) is 0 Å². The Hall–Kier alpha value is -0.220. The highest BCUT2D eigenvalue weighted by Gasteiger charge is 1.91. The van der Waals surface area contributed by atoms with Gasteiger partial charge in [-0.15, -0.1) is 0 Å². The van der Waals surface area contributed by atoms with Crippen molar-refractivity contribution in [1.29, 1.82) is 0 Å². The van der Waals surface area contributed by atoms with Gasteiger partial charge in [-0.2, -0.15) is 0 Å². The lowest BCUT2D eigenvalue weighted by molar-refractivity contribution is -0.135. The molecule has 0 aromatic heterocycles. The van der Waals surface area contributed by atoms with Crippen molar-refractivity contribution in [3.63, 3.8) is 0 Å². The van der Waals surface area contributed by atoms with Crippen molar-refractivity contribution in [1.82, 2.24) is 4.72 Å². The predicted molar refractivity (Wildman–Crippen MR) is 33.8 cm³/mol. The molecule has 0 unspecified atom stereocenters. The van der Waals surface area contributed by atoms with Crippen LogP contribution in [0.5, 0.6) is 0 Å². The van der Waals surface area contributed by atoms with Gasteiger partial charge in [-0.1, -0.05) is 18.9 Å². The van der Waals surface area contributed by atoms with E-state index in [1.807, 2.05) is 6.92 Å². The molecule has 4 heteroatoms. The van der Waals surface area contributed by atoms with E-state index in [0.717, 1.165) is 5.75 Å². The molecule has 0 saturated carbocycles. The van der Waals surface area contributed by atoms with Crippen molar-refractivity contribution in [2.75, 3.05) is 12.3 Å². The number of carbonyl (C=O) groups is 1. The smallest absolute Gasteiger partial charge is 0.318 e. The summed E-state index contributed by atoms with van der Waals surface area (Å²) < 4.78 is 2.65.